The monoisotopic (exact) mass is 227 g/mol. The molecular formula is C9H13N3O2S. The van der Waals surface area contributed by atoms with Crippen LogP contribution in [0.2, 0.25) is 0 Å². The molecule has 0 aliphatic carbocycles. The van der Waals surface area contributed by atoms with Crippen LogP contribution in [-0.4, -0.2) is 24.5 Å². The molecule has 0 amide bonds. The highest BCUT2D eigenvalue weighted by molar-refractivity contribution is 7.89. The molecule has 0 spiro atoms. The van der Waals surface area contributed by atoms with Crippen LogP contribution in [0.25, 0.3) is 0 Å². The molecule has 0 aliphatic rings. The van der Waals surface area contributed by atoms with Crippen LogP contribution < -0.4 is 4.72 Å². The standard InChI is InChI=1S/C9H13N3O2S/c1-3-4-5-6-11-15(13,14)9-7-12(2)8-10-9/h7-8,11H,5-6H2,1-2H3. The summed E-state index contributed by atoms with van der Waals surface area (Å²) in [6.45, 7) is 2.02. The fourth-order valence-electron chi connectivity index (χ4n) is 0.974. The van der Waals surface area contributed by atoms with Gasteiger partial charge in [0.25, 0.3) is 10.0 Å². The first-order chi connectivity index (χ1) is 7.06. The Morgan fingerprint density at radius 1 is 1.60 bits per heavy atom. The average molecular weight is 227 g/mol. The van der Waals surface area contributed by atoms with Gasteiger partial charge in [0, 0.05) is 26.2 Å². The summed E-state index contributed by atoms with van der Waals surface area (Å²) in [5.41, 5.74) is 0. The summed E-state index contributed by atoms with van der Waals surface area (Å²) in [6.07, 6.45) is 3.40. The molecule has 1 N–H and O–H groups in total. The fourth-order valence-corrected chi connectivity index (χ4v) is 1.98. The zero-order chi connectivity index (χ0) is 11.3. The Kier molecular flexibility index (Phi) is 3.88. The van der Waals surface area contributed by atoms with Crippen molar-refractivity contribution in [1.29, 1.82) is 0 Å². The van der Waals surface area contributed by atoms with E-state index >= 15 is 0 Å². The maximum atomic E-state index is 11.6. The van der Waals surface area contributed by atoms with Gasteiger partial charge < -0.3 is 4.57 Å². The molecule has 5 nitrogen and oxygen atoms in total. The summed E-state index contributed by atoms with van der Waals surface area (Å²) >= 11 is 0. The third kappa shape index (κ3) is 3.38. The number of aryl methyl sites for hydroxylation is 1. The van der Waals surface area contributed by atoms with Crippen LogP contribution in [0.4, 0.5) is 0 Å². The lowest BCUT2D eigenvalue weighted by Crippen LogP contribution is -2.24. The van der Waals surface area contributed by atoms with Crippen molar-refractivity contribution in [3.05, 3.63) is 12.5 Å². The van der Waals surface area contributed by atoms with Gasteiger partial charge >= 0.3 is 0 Å². The van der Waals surface area contributed by atoms with E-state index in [9.17, 15) is 8.42 Å². The van der Waals surface area contributed by atoms with Gasteiger partial charge in [-0.2, -0.15) is 0 Å². The van der Waals surface area contributed by atoms with Crippen LogP contribution in [0, 0.1) is 11.8 Å². The van der Waals surface area contributed by atoms with E-state index in [1.54, 1.807) is 18.5 Å². The van der Waals surface area contributed by atoms with E-state index < -0.39 is 10.0 Å². The van der Waals surface area contributed by atoms with Crippen molar-refractivity contribution >= 4 is 10.0 Å². The minimum Gasteiger partial charge on any atom is -0.339 e. The predicted octanol–water partition coefficient (Wildman–Crippen LogP) is 0.112. The molecule has 0 fully saturated rings. The summed E-state index contributed by atoms with van der Waals surface area (Å²) in [7, 11) is -1.75. The predicted molar refractivity (Wildman–Crippen MR) is 56.5 cm³/mol. The van der Waals surface area contributed by atoms with E-state index in [0.717, 1.165) is 0 Å². The van der Waals surface area contributed by atoms with E-state index in [1.807, 2.05) is 0 Å². The summed E-state index contributed by atoms with van der Waals surface area (Å²) in [5, 5.41) is 0.0365. The molecule has 0 radical (unpaired) electrons. The van der Waals surface area contributed by atoms with Crippen molar-refractivity contribution in [3.63, 3.8) is 0 Å². The highest BCUT2D eigenvalue weighted by Crippen LogP contribution is 2.03. The van der Waals surface area contributed by atoms with Crippen molar-refractivity contribution in [1.82, 2.24) is 14.3 Å². The second-order valence-electron chi connectivity index (χ2n) is 2.95. The summed E-state index contributed by atoms with van der Waals surface area (Å²) in [5.74, 6) is 5.47. The molecule has 0 atom stereocenters. The first-order valence-electron chi connectivity index (χ1n) is 4.43. The average Bonchev–Trinajstić information content (AvgIpc) is 2.60. The van der Waals surface area contributed by atoms with Gasteiger partial charge in [-0.15, -0.1) is 11.8 Å². The summed E-state index contributed by atoms with van der Waals surface area (Å²) < 4.78 is 27.1. The van der Waals surface area contributed by atoms with Gasteiger partial charge in [-0.1, -0.05) is 0 Å². The van der Waals surface area contributed by atoms with Gasteiger partial charge in [0.15, 0.2) is 5.03 Å². The van der Waals surface area contributed by atoms with Crippen molar-refractivity contribution in [3.8, 4) is 11.8 Å². The zero-order valence-electron chi connectivity index (χ0n) is 8.69. The molecule has 0 aromatic carbocycles. The first kappa shape index (κ1) is 11.8. The minimum absolute atomic E-state index is 0.0365. The van der Waals surface area contributed by atoms with Gasteiger partial charge in [-0.3, -0.25) is 0 Å². The zero-order valence-corrected chi connectivity index (χ0v) is 9.50. The second kappa shape index (κ2) is 4.96. The van der Waals surface area contributed by atoms with Gasteiger partial charge in [0.05, 0.1) is 6.33 Å². The highest BCUT2D eigenvalue weighted by Gasteiger charge is 2.15. The van der Waals surface area contributed by atoms with Crippen LogP contribution in [-0.2, 0) is 17.1 Å². The van der Waals surface area contributed by atoms with E-state index in [1.165, 1.54) is 12.5 Å². The number of hydrogen-bond donors (Lipinski definition) is 1. The molecule has 6 heteroatoms. The number of imidazole rings is 1. The van der Waals surface area contributed by atoms with Crippen molar-refractivity contribution in [2.75, 3.05) is 6.54 Å². The van der Waals surface area contributed by atoms with Crippen LogP contribution in [0.3, 0.4) is 0 Å². The topological polar surface area (TPSA) is 64.0 Å². The molecule has 1 aromatic heterocycles. The highest BCUT2D eigenvalue weighted by atomic mass is 32.2. The largest absolute Gasteiger partial charge is 0.339 e. The maximum Gasteiger partial charge on any atom is 0.259 e. The Morgan fingerprint density at radius 2 is 2.33 bits per heavy atom. The van der Waals surface area contributed by atoms with Gasteiger partial charge in [-0.25, -0.2) is 18.1 Å². The Bertz CT molecular complexity index is 479. The number of hydrogen-bond acceptors (Lipinski definition) is 3. The number of nitrogens with zero attached hydrogens (tertiary/aromatic N) is 2. The molecule has 1 heterocycles. The summed E-state index contributed by atoms with van der Waals surface area (Å²) in [4.78, 5) is 3.76. The molecule has 0 bridgehead atoms. The molecule has 0 unspecified atom stereocenters. The normalized spacial score (nSPS) is 10.8. The molecule has 1 rings (SSSR count). The van der Waals surface area contributed by atoms with Crippen LogP contribution in [0.1, 0.15) is 13.3 Å². The molecule has 1 aromatic rings. The van der Waals surface area contributed by atoms with E-state index in [4.69, 9.17) is 0 Å². The number of sulfonamides is 1. The number of aromatic nitrogens is 2. The lowest BCUT2D eigenvalue weighted by atomic mass is 10.4. The van der Waals surface area contributed by atoms with Crippen molar-refractivity contribution < 1.29 is 8.42 Å². The Hall–Kier alpha value is -1.32. The van der Waals surface area contributed by atoms with Crippen LogP contribution in [0.5, 0.6) is 0 Å². The van der Waals surface area contributed by atoms with Gasteiger partial charge in [0.1, 0.15) is 0 Å². The molecule has 0 aliphatic heterocycles. The third-order valence-electron chi connectivity index (χ3n) is 1.68. The van der Waals surface area contributed by atoms with Gasteiger partial charge in [0.2, 0.25) is 0 Å². The smallest absolute Gasteiger partial charge is 0.259 e. The minimum atomic E-state index is -3.47. The SMILES string of the molecule is CC#CCCNS(=O)(=O)c1cn(C)cn1. The van der Waals surface area contributed by atoms with E-state index in [0.29, 0.717) is 13.0 Å². The van der Waals surface area contributed by atoms with Crippen LogP contribution in [0.15, 0.2) is 17.6 Å². The lowest BCUT2D eigenvalue weighted by Gasteiger charge is -2.00. The maximum absolute atomic E-state index is 11.6. The Morgan fingerprint density at radius 3 is 2.87 bits per heavy atom. The van der Waals surface area contributed by atoms with Crippen molar-refractivity contribution in [2.45, 2.75) is 18.4 Å². The number of rotatable bonds is 4. The number of nitrogens with one attached hydrogen (secondary N) is 1. The Balaban J connectivity index is 2.63. The summed E-state index contributed by atoms with van der Waals surface area (Å²) in [6, 6.07) is 0. The van der Waals surface area contributed by atoms with Gasteiger partial charge in [-0.05, 0) is 6.92 Å². The molecule has 0 saturated heterocycles. The van der Waals surface area contributed by atoms with Crippen LogP contribution >= 0.6 is 0 Å². The third-order valence-corrected chi connectivity index (χ3v) is 3.02. The molecular weight excluding hydrogens is 214 g/mol. The molecule has 0 saturated carbocycles. The van der Waals surface area contributed by atoms with E-state index in [2.05, 4.69) is 21.5 Å². The van der Waals surface area contributed by atoms with Crippen molar-refractivity contribution in [2.24, 2.45) is 7.05 Å². The van der Waals surface area contributed by atoms with E-state index in [-0.39, 0.29) is 5.03 Å². The molecule has 15 heavy (non-hydrogen) atoms. The Labute approximate surface area is 89.6 Å². The first-order valence-corrected chi connectivity index (χ1v) is 5.92. The quantitative estimate of drug-likeness (QED) is 0.586. The lowest BCUT2D eigenvalue weighted by molar-refractivity contribution is 0.579. The second-order valence-corrected chi connectivity index (χ2v) is 4.67. The fraction of sp³-hybridized carbons (Fsp3) is 0.444. The molecule has 82 valence electrons.